The van der Waals surface area contributed by atoms with Gasteiger partial charge in [-0.15, -0.1) is 0 Å². The molecule has 0 amide bonds. The molecule has 0 aromatic carbocycles. The van der Waals surface area contributed by atoms with Crippen molar-refractivity contribution in [1.29, 1.82) is 0 Å². The fourth-order valence-corrected chi connectivity index (χ4v) is 2.16. The molecule has 1 unspecified atom stereocenters. The summed E-state index contributed by atoms with van der Waals surface area (Å²) in [5, 5.41) is 0. The van der Waals surface area contributed by atoms with Gasteiger partial charge in [0.25, 0.3) is 0 Å². The predicted molar refractivity (Wildman–Crippen MR) is 39.7 cm³/mol. The molecule has 0 aliphatic carbocycles. The zero-order chi connectivity index (χ0) is 9.19. The summed E-state index contributed by atoms with van der Waals surface area (Å²) in [4.78, 5) is 10.5. The first-order valence-electron chi connectivity index (χ1n) is 3.58. The van der Waals surface area contributed by atoms with Crippen molar-refractivity contribution in [3.05, 3.63) is 0 Å². The number of ether oxygens (including phenoxy) is 1. The standard InChI is InChI=1S/C6H10O5S/c1-5(7)11-6-3-2-4-10-12(6,8)9/h6H,2-4H2,1H3. The third kappa shape index (κ3) is 2.18. The van der Waals surface area contributed by atoms with Crippen LogP contribution in [-0.2, 0) is 23.8 Å². The van der Waals surface area contributed by atoms with Crippen molar-refractivity contribution >= 4 is 16.1 Å². The van der Waals surface area contributed by atoms with Crippen LogP contribution in [0.1, 0.15) is 19.8 Å². The second kappa shape index (κ2) is 3.40. The Kier molecular flexibility index (Phi) is 2.69. The van der Waals surface area contributed by atoms with Gasteiger partial charge in [-0.3, -0.25) is 8.98 Å². The summed E-state index contributed by atoms with van der Waals surface area (Å²) in [5.41, 5.74) is -1.11. The SMILES string of the molecule is CC(=O)OC1CCCOS1(=O)=O. The zero-order valence-corrected chi connectivity index (χ0v) is 7.46. The van der Waals surface area contributed by atoms with E-state index in [2.05, 4.69) is 8.92 Å². The number of hydrogen-bond acceptors (Lipinski definition) is 5. The number of hydrogen-bond donors (Lipinski definition) is 0. The number of rotatable bonds is 1. The Bertz CT molecular complexity index is 268. The van der Waals surface area contributed by atoms with Crippen molar-refractivity contribution in [1.82, 2.24) is 0 Å². The van der Waals surface area contributed by atoms with Gasteiger partial charge in [0.15, 0.2) is 0 Å². The molecule has 0 spiro atoms. The first-order chi connectivity index (χ1) is 5.52. The first kappa shape index (κ1) is 9.47. The molecule has 0 saturated carbocycles. The summed E-state index contributed by atoms with van der Waals surface area (Å²) in [6.45, 7) is 1.35. The van der Waals surface area contributed by atoms with Crippen LogP contribution in [0.15, 0.2) is 0 Å². The molecule has 0 radical (unpaired) electrons. The van der Waals surface area contributed by atoms with Gasteiger partial charge in [-0.05, 0) is 6.42 Å². The molecule has 0 aromatic rings. The van der Waals surface area contributed by atoms with Crippen molar-refractivity contribution < 1.29 is 22.1 Å². The van der Waals surface area contributed by atoms with Crippen LogP contribution in [0.5, 0.6) is 0 Å². The van der Waals surface area contributed by atoms with E-state index in [0.29, 0.717) is 12.8 Å². The monoisotopic (exact) mass is 194 g/mol. The maximum atomic E-state index is 11.0. The van der Waals surface area contributed by atoms with Gasteiger partial charge in [-0.2, -0.15) is 8.42 Å². The van der Waals surface area contributed by atoms with E-state index in [-0.39, 0.29) is 6.61 Å². The van der Waals surface area contributed by atoms with Crippen molar-refractivity contribution in [2.24, 2.45) is 0 Å². The minimum absolute atomic E-state index is 0.181. The molecule has 1 aliphatic heterocycles. The lowest BCUT2D eigenvalue weighted by Crippen LogP contribution is -2.32. The highest BCUT2D eigenvalue weighted by Crippen LogP contribution is 2.18. The van der Waals surface area contributed by atoms with E-state index in [1.165, 1.54) is 6.92 Å². The highest BCUT2D eigenvalue weighted by molar-refractivity contribution is 7.87. The highest BCUT2D eigenvalue weighted by Gasteiger charge is 2.32. The van der Waals surface area contributed by atoms with Gasteiger partial charge >= 0.3 is 16.1 Å². The summed E-state index contributed by atoms with van der Waals surface area (Å²) >= 11 is 0. The zero-order valence-electron chi connectivity index (χ0n) is 6.65. The van der Waals surface area contributed by atoms with E-state index >= 15 is 0 Å². The van der Waals surface area contributed by atoms with E-state index < -0.39 is 21.5 Å². The molecule has 12 heavy (non-hydrogen) atoms. The molecule has 0 aromatic heterocycles. The molecule has 70 valence electrons. The predicted octanol–water partition coefficient (Wildman–Crippen LogP) is 0.0158. The molecule has 1 rings (SSSR count). The van der Waals surface area contributed by atoms with E-state index in [1.807, 2.05) is 0 Å². The summed E-state index contributed by atoms with van der Waals surface area (Å²) < 4.78 is 31.1. The summed E-state index contributed by atoms with van der Waals surface area (Å²) in [7, 11) is -3.66. The quantitative estimate of drug-likeness (QED) is 0.434. The van der Waals surface area contributed by atoms with Crippen molar-refractivity contribution in [3.8, 4) is 0 Å². The summed E-state index contributed by atoms with van der Waals surface area (Å²) in [5.74, 6) is -0.603. The molecular weight excluding hydrogens is 184 g/mol. The molecule has 1 atom stereocenters. The van der Waals surface area contributed by atoms with Gasteiger partial charge < -0.3 is 4.74 Å². The van der Waals surface area contributed by atoms with Gasteiger partial charge in [0, 0.05) is 13.3 Å². The van der Waals surface area contributed by atoms with Crippen LogP contribution in [0, 0.1) is 0 Å². The molecule has 1 saturated heterocycles. The van der Waals surface area contributed by atoms with Gasteiger partial charge in [-0.1, -0.05) is 0 Å². The molecule has 1 fully saturated rings. The number of carbonyl (C=O) groups is 1. The van der Waals surface area contributed by atoms with E-state index in [4.69, 9.17) is 0 Å². The van der Waals surface area contributed by atoms with Gasteiger partial charge in [0.1, 0.15) is 0 Å². The van der Waals surface area contributed by atoms with Crippen LogP contribution in [-0.4, -0.2) is 26.4 Å². The Balaban J connectivity index is 2.67. The van der Waals surface area contributed by atoms with Crippen LogP contribution in [0.3, 0.4) is 0 Å². The molecule has 0 N–H and O–H groups in total. The second-order valence-electron chi connectivity index (χ2n) is 2.50. The minimum Gasteiger partial charge on any atom is -0.444 e. The topological polar surface area (TPSA) is 69.7 Å². The number of carbonyl (C=O) groups excluding carboxylic acids is 1. The third-order valence-corrected chi connectivity index (χ3v) is 2.92. The van der Waals surface area contributed by atoms with Crippen molar-refractivity contribution in [2.45, 2.75) is 25.2 Å². The normalized spacial score (nSPS) is 27.9. The Labute approximate surface area is 70.8 Å². The smallest absolute Gasteiger partial charge is 0.306 e. The molecule has 6 heteroatoms. The maximum Gasteiger partial charge on any atom is 0.306 e. The molecule has 1 aliphatic rings. The summed E-state index contributed by atoms with van der Waals surface area (Å²) in [6, 6.07) is 0. The third-order valence-electron chi connectivity index (χ3n) is 1.45. The Morgan fingerprint density at radius 3 is 2.75 bits per heavy atom. The lowest BCUT2D eigenvalue weighted by Gasteiger charge is -2.20. The van der Waals surface area contributed by atoms with Gasteiger partial charge in [0.05, 0.1) is 6.61 Å². The minimum atomic E-state index is -3.66. The molecular formula is C6H10O5S. The van der Waals surface area contributed by atoms with Crippen LogP contribution in [0.2, 0.25) is 0 Å². The van der Waals surface area contributed by atoms with E-state index in [1.54, 1.807) is 0 Å². The lowest BCUT2D eigenvalue weighted by molar-refractivity contribution is -0.143. The average molecular weight is 194 g/mol. The van der Waals surface area contributed by atoms with Crippen LogP contribution in [0.25, 0.3) is 0 Å². The molecule has 0 bridgehead atoms. The molecule has 1 heterocycles. The second-order valence-corrected chi connectivity index (χ2v) is 4.24. The first-order valence-corrected chi connectivity index (χ1v) is 5.05. The van der Waals surface area contributed by atoms with Crippen LogP contribution >= 0.6 is 0 Å². The Hall–Kier alpha value is -0.620. The number of esters is 1. The highest BCUT2D eigenvalue weighted by atomic mass is 32.2. The largest absolute Gasteiger partial charge is 0.444 e. The van der Waals surface area contributed by atoms with Gasteiger partial charge in [-0.25, -0.2) is 0 Å². The van der Waals surface area contributed by atoms with Crippen LogP contribution < -0.4 is 0 Å². The molecule has 5 nitrogen and oxygen atoms in total. The van der Waals surface area contributed by atoms with E-state index in [0.717, 1.165) is 0 Å². The Morgan fingerprint density at radius 2 is 2.25 bits per heavy atom. The van der Waals surface area contributed by atoms with E-state index in [9.17, 15) is 13.2 Å². The van der Waals surface area contributed by atoms with Crippen LogP contribution in [0.4, 0.5) is 0 Å². The van der Waals surface area contributed by atoms with Gasteiger partial charge in [0.2, 0.25) is 5.44 Å². The van der Waals surface area contributed by atoms with Crippen molar-refractivity contribution in [2.75, 3.05) is 6.61 Å². The maximum absolute atomic E-state index is 11.0. The lowest BCUT2D eigenvalue weighted by atomic mass is 10.3. The average Bonchev–Trinajstić information content (AvgIpc) is 1.92. The van der Waals surface area contributed by atoms with Crippen molar-refractivity contribution in [3.63, 3.8) is 0 Å². The fourth-order valence-electron chi connectivity index (χ4n) is 0.948. The summed E-state index contributed by atoms with van der Waals surface area (Å²) in [6.07, 6.45) is 0.916. The Morgan fingerprint density at radius 1 is 1.58 bits per heavy atom. The fraction of sp³-hybridized carbons (Fsp3) is 0.833.